The van der Waals surface area contributed by atoms with Gasteiger partial charge in [-0.05, 0) is 37.3 Å². The van der Waals surface area contributed by atoms with E-state index in [0.29, 0.717) is 27.9 Å². The molecule has 134 valence electrons. The van der Waals surface area contributed by atoms with Crippen LogP contribution < -0.4 is 5.32 Å². The largest absolute Gasteiger partial charge is 0.323 e. The van der Waals surface area contributed by atoms with Crippen molar-refractivity contribution in [2.45, 2.75) is 37.4 Å². The molecule has 0 aromatic carbocycles. The average molecular weight is 392 g/mol. The molecule has 9 heteroatoms. The zero-order valence-electron chi connectivity index (χ0n) is 13.8. The number of hydrogen-bond donors (Lipinski definition) is 1. The van der Waals surface area contributed by atoms with E-state index in [1.165, 1.54) is 29.2 Å². The molecule has 1 atom stereocenters. The van der Waals surface area contributed by atoms with Crippen LogP contribution in [-0.2, 0) is 4.79 Å². The maximum Gasteiger partial charge on any atom is 0.280 e. The number of nitrogens with zero attached hydrogens (tertiary/aromatic N) is 3. The number of aliphatic imine (C=N–C) groups is 2. The molecule has 3 aliphatic rings. The highest BCUT2D eigenvalue weighted by molar-refractivity contribution is 8.16. The predicted octanol–water partition coefficient (Wildman–Crippen LogP) is 4.34. The van der Waals surface area contributed by atoms with E-state index >= 15 is 0 Å². The third kappa shape index (κ3) is 2.40. The molecule has 26 heavy (non-hydrogen) atoms. The Bertz CT molecular complexity index is 1010. The zero-order valence-corrected chi connectivity index (χ0v) is 15.4. The van der Waals surface area contributed by atoms with E-state index in [1.54, 1.807) is 0 Å². The fourth-order valence-electron chi connectivity index (χ4n) is 3.37. The van der Waals surface area contributed by atoms with Crippen molar-refractivity contribution in [2.75, 3.05) is 11.9 Å². The van der Waals surface area contributed by atoms with Crippen LogP contribution in [0.4, 0.5) is 14.5 Å². The number of pyridine rings is 1. The van der Waals surface area contributed by atoms with Crippen LogP contribution in [0.1, 0.15) is 48.2 Å². The van der Waals surface area contributed by atoms with Gasteiger partial charge < -0.3 is 5.32 Å². The summed E-state index contributed by atoms with van der Waals surface area (Å²) in [5.41, 5.74) is 2.02. The van der Waals surface area contributed by atoms with Gasteiger partial charge in [-0.1, -0.05) is 11.8 Å². The molecular weight excluding hydrogens is 378 g/mol. The molecule has 1 amide bonds. The van der Waals surface area contributed by atoms with Gasteiger partial charge in [-0.15, -0.1) is 11.3 Å². The van der Waals surface area contributed by atoms with Gasteiger partial charge in [0.2, 0.25) is 5.91 Å². The lowest BCUT2D eigenvalue weighted by atomic mass is 10.0. The Morgan fingerprint density at radius 1 is 1.42 bits per heavy atom. The molecule has 1 fully saturated rings. The third-order valence-electron chi connectivity index (χ3n) is 4.65. The zero-order chi connectivity index (χ0) is 18.0. The van der Waals surface area contributed by atoms with Crippen LogP contribution in [-0.4, -0.2) is 33.6 Å². The Kier molecular flexibility index (Phi) is 3.65. The Balaban J connectivity index is 1.75. The monoisotopic (exact) mass is 392 g/mol. The number of carbonyl (C=O) groups is 1. The topological polar surface area (TPSA) is 66.7 Å². The van der Waals surface area contributed by atoms with Crippen molar-refractivity contribution in [1.29, 1.82) is 0 Å². The summed E-state index contributed by atoms with van der Waals surface area (Å²) in [6, 6.07) is 1.51. The Labute approximate surface area is 156 Å². The molecule has 2 aliphatic heterocycles. The number of thiophene rings is 1. The van der Waals surface area contributed by atoms with Crippen molar-refractivity contribution < 1.29 is 13.6 Å². The molecule has 0 spiro atoms. The van der Waals surface area contributed by atoms with E-state index < -0.39 is 11.7 Å². The van der Waals surface area contributed by atoms with Gasteiger partial charge >= 0.3 is 0 Å². The van der Waals surface area contributed by atoms with Gasteiger partial charge in [-0.2, -0.15) is 0 Å². The van der Waals surface area contributed by atoms with Crippen molar-refractivity contribution in [3.8, 4) is 0 Å². The first-order valence-corrected chi connectivity index (χ1v) is 10.1. The average Bonchev–Trinajstić information content (AvgIpc) is 3.26. The van der Waals surface area contributed by atoms with Gasteiger partial charge in [0.05, 0.1) is 16.3 Å². The maximum atomic E-state index is 13.3. The molecule has 0 bridgehead atoms. The molecule has 0 radical (unpaired) electrons. The van der Waals surface area contributed by atoms with Gasteiger partial charge in [0.1, 0.15) is 15.8 Å². The molecule has 4 heterocycles. The summed E-state index contributed by atoms with van der Waals surface area (Å²) < 4.78 is 26.6. The predicted molar refractivity (Wildman–Crippen MR) is 101 cm³/mol. The number of nitrogens with one attached hydrogen (secondary N) is 1. The minimum absolute atomic E-state index is 0.137. The number of hydrogen-bond acceptors (Lipinski definition) is 5. The number of thioether (sulfide) groups is 1. The normalized spacial score (nSPS) is 23.4. The highest BCUT2D eigenvalue weighted by Gasteiger charge is 2.42. The second-order valence-corrected chi connectivity index (χ2v) is 8.51. The van der Waals surface area contributed by atoms with Crippen molar-refractivity contribution in [3.63, 3.8) is 0 Å². The van der Waals surface area contributed by atoms with E-state index in [1.807, 2.05) is 6.92 Å². The standard InChI is InChI=1S/C17H14F2N4OS2/c1-2-20-17-23-11-12-10(22-15(24)13(11)26-17)9-7(6-3-4-6)5-8(14(18)19)21-16(9)25-12/h5-6,13-14H,2-4H2,1H3,(H,22,24). The van der Waals surface area contributed by atoms with Gasteiger partial charge in [0.15, 0.2) is 5.17 Å². The van der Waals surface area contributed by atoms with Crippen LogP contribution in [0.3, 0.4) is 0 Å². The Hall–Kier alpha value is -1.87. The molecular formula is C17H14F2N4OS2. The van der Waals surface area contributed by atoms with Gasteiger partial charge in [0, 0.05) is 11.9 Å². The number of carbonyl (C=O) groups excluding carboxylic acids is 1. The fourth-order valence-corrected chi connectivity index (χ4v) is 5.65. The number of fused-ring (bicyclic) bond motifs is 5. The van der Waals surface area contributed by atoms with Crippen molar-refractivity contribution in [3.05, 3.63) is 22.2 Å². The smallest absolute Gasteiger partial charge is 0.280 e. The van der Waals surface area contributed by atoms with E-state index in [-0.39, 0.29) is 17.5 Å². The van der Waals surface area contributed by atoms with Gasteiger partial charge in [0.25, 0.3) is 6.43 Å². The molecule has 2 aromatic rings. The molecule has 1 unspecified atom stereocenters. The third-order valence-corrected chi connectivity index (χ3v) is 6.86. The molecule has 1 aliphatic carbocycles. The first kappa shape index (κ1) is 16.3. The number of aromatic nitrogens is 1. The molecule has 0 saturated heterocycles. The second kappa shape index (κ2) is 5.82. The molecule has 1 saturated carbocycles. The van der Waals surface area contributed by atoms with Crippen LogP contribution in [0, 0.1) is 0 Å². The van der Waals surface area contributed by atoms with Crippen LogP contribution in [0.2, 0.25) is 0 Å². The van der Waals surface area contributed by atoms with E-state index in [0.717, 1.165) is 28.7 Å². The number of amides is 1. The Morgan fingerprint density at radius 2 is 2.23 bits per heavy atom. The first-order valence-electron chi connectivity index (χ1n) is 8.43. The van der Waals surface area contributed by atoms with Crippen molar-refractivity contribution in [1.82, 2.24) is 4.98 Å². The van der Waals surface area contributed by atoms with E-state index in [2.05, 4.69) is 20.3 Å². The minimum atomic E-state index is -2.61. The summed E-state index contributed by atoms with van der Waals surface area (Å²) >= 11 is 2.66. The lowest BCUT2D eigenvalue weighted by molar-refractivity contribution is -0.114. The van der Waals surface area contributed by atoms with Gasteiger partial charge in [-0.25, -0.2) is 18.8 Å². The molecule has 5 nitrogen and oxygen atoms in total. The number of anilines is 1. The highest BCUT2D eigenvalue weighted by atomic mass is 32.2. The fraction of sp³-hybridized carbons (Fsp3) is 0.412. The highest BCUT2D eigenvalue weighted by Crippen LogP contribution is 2.50. The van der Waals surface area contributed by atoms with E-state index in [9.17, 15) is 13.6 Å². The second-order valence-electron chi connectivity index (χ2n) is 6.44. The molecule has 5 rings (SSSR count). The van der Waals surface area contributed by atoms with Crippen LogP contribution >= 0.6 is 23.1 Å². The van der Waals surface area contributed by atoms with Gasteiger partial charge in [-0.3, -0.25) is 9.79 Å². The van der Waals surface area contributed by atoms with Crippen molar-refractivity contribution in [2.24, 2.45) is 9.98 Å². The maximum absolute atomic E-state index is 13.3. The van der Waals surface area contributed by atoms with Crippen LogP contribution in [0.15, 0.2) is 16.1 Å². The summed E-state index contributed by atoms with van der Waals surface area (Å²) in [6.07, 6.45) is -0.652. The Morgan fingerprint density at radius 3 is 2.92 bits per heavy atom. The van der Waals surface area contributed by atoms with Crippen LogP contribution in [0.25, 0.3) is 10.2 Å². The SMILES string of the molecule is CCN=C1N=C2c3sc4nc(C(F)F)cc(C5CC5)c4c3NC(=O)C2S1. The van der Waals surface area contributed by atoms with E-state index in [4.69, 9.17) is 0 Å². The summed E-state index contributed by atoms with van der Waals surface area (Å²) in [7, 11) is 0. The number of amidine groups is 1. The number of rotatable bonds is 3. The number of halogens is 2. The molecule has 2 aromatic heterocycles. The lowest BCUT2D eigenvalue weighted by Crippen LogP contribution is -2.35. The van der Waals surface area contributed by atoms with Crippen LogP contribution in [0.5, 0.6) is 0 Å². The lowest BCUT2D eigenvalue weighted by Gasteiger charge is -2.19. The summed E-state index contributed by atoms with van der Waals surface area (Å²) in [5, 5.41) is 3.94. The summed E-state index contributed by atoms with van der Waals surface area (Å²) in [6.45, 7) is 2.51. The quantitative estimate of drug-likeness (QED) is 0.845. The number of alkyl halides is 2. The molecule has 1 N–H and O–H groups in total. The summed E-state index contributed by atoms with van der Waals surface area (Å²) in [4.78, 5) is 27.0. The minimum Gasteiger partial charge on any atom is -0.323 e. The first-order chi connectivity index (χ1) is 12.6. The van der Waals surface area contributed by atoms with Crippen molar-refractivity contribution >= 4 is 55.8 Å². The summed E-state index contributed by atoms with van der Waals surface area (Å²) in [5.74, 6) is 0.130.